The number of carbonyl (C=O) groups is 2. The van der Waals surface area contributed by atoms with Crippen molar-refractivity contribution in [2.75, 3.05) is 0 Å². The molecule has 0 amide bonds. The molecule has 8 nitrogen and oxygen atoms in total. The summed E-state index contributed by atoms with van der Waals surface area (Å²) in [7, 11) is 0. The minimum atomic E-state index is -1.29. The van der Waals surface area contributed by atoms with Gasteiger partial charge in [-0.3, -0.25) is 0 Å². The van der Waals surface area contributed by atoms with Gasteiger partial charge in [0.2, 0.25) is 0 Å². The lowest BCUT2D eigenvalue weighted by Gasteiger charge is -2.21. The molecule has 0 saturated carbocycles. The van der Waals surface area contributed by atoms with Crippen LogP contribution in [0.5, 0.6) is 11.5 Å². The van der Waals surface area contributed by atoms with Crippen LogP contribution in [0.25, 0.3) is 41.6 Å². The Morgan fingerprint density at radius 1 is 0.630 bits per heavy atom. The fourth-order valence-electron chi connectivity index (χ4n) is 4.11. The van der Waals surface area contributed by atoms with Gasteiger partial charge in [-0.1, -0.05) is 47.5 Å². The third-order valence-electron chi connectivity index (χ3n) is 6.64. The van der Waals surface area contributed by atoms with Gasteiger partial charge in [-0.15, -0.1) is 22.7 Å². The van der Waals surface area contributed by atoms with Gasteiger partial charge in [0.15, 0.2) is 11.2 Å². The lowest BCUT2D eigenvalue weighted by molar-refractivity contribution is -0.152. The Morgan fingerprint density at radius 3 is 1.39 bits per heavy atom. The predicted molar refractivity (Wildman–Crippen MR) is 185 cm³/mol. The highest BCUT2D eigenvalue weighted by Crippen LogP contribution is 2.35. The lowest BCUT2D eigenvalue weighted by Crippen LogP contribution is -2.37. The summed E-state index contributed by atoms with van der Waals surface area (Å²) in [6.07, 6.45) is 0. The Labute approximate surface area is 282 Å². The predicted octanol–water partition coefficient (Wildman–Crippen LogP) is 9.72. The maximum atomic E-state index is 11.2. The molecule has 2 N–H and O–H groups in total. The van der Waals surface area contributed by atoms with Gasteiger partial charge >= 0.3 is 11.9 Å². The summed E-state index contributed by atoms with van der Waals surface area (Å²) in [6.45, 7) is 6.06. The van der Waals surface area contributed by atoms with Crippen LogP contribution in [0.4, 0.5) is 0 Å². The number of aliphatic carboxylic acids is 2. The highest BCUT2D eigenvalue weighted by atomic mass is 35.5. The largest absolute Gasteiger partial charge is 0.478 e. The average Bonchev–Trinajstić information content (AvgIpc) is 3.61. The van der Waals surface area contributed by atoms with Crippen molar-refractivity contribution in [1.29, 1.82) is 0 Å². The van der Waals surface area contributed by atoms with E-state index < -0.39 is 23.1 Å². The molecule has 46 heavy (non-hydrogen) atoms. The normalized spacial score (nSPS) is 11.6. The van der Waals surface area contributed by atoms with Crippen molar-refractivity contribution in [1.82, 2.24) is 9.97 Å². The third kappa shape index (κ3) is 7.76. The van der Waals surface area contributed by atoms with E-state index in [4.69, 9.17) is 42.9 Å². The van der Waals surface area contributed by atoms with Crippen LogP contribution < -0.4 is 9.47 Å². The minimum absolute atomic E-state index is 0.493. The topological polar surface area (TPSA) is 119 Å². The fourth-order valence-corrected chi connectivity index (χ4v) is 6.33. The molecular formula is C34H28Cl2N2O6S2. The van der Waals surface area contributed by atoms with Crippen LogP contribution in [0.2, 0.25) is 10.0 Å². The van der Waals surface area contributed by atoms with Crippen molar-refractivity contribution >= 4 is 78.2 Å². The first-order valence-electron chi connectivity index (χ1n) is 13.9. The quantitative estimate of drug-likeness (QED) is 0.162. The van der Waals surface area contributed by atoms with Crippen LogP contribution in [0.15, 0.2) is 84.9 Å². The average molecular weight is 696 g/mol. The van der Waals surface area contributed by atoms with E-state index in [0.717, 1.165) is 41.6 Å². The number of thiazole rings is 2. The van der Waals surface area contributed by atoms with Crippen LogP contribution in [0.1, 0.15) is 27.7 Å². The summed E-state index contributed by atoms with van der Waals surface area (Å²) < 4.78 is 13.2. The highest BCUT2D eigenvalue weighted by molar-refractivity contribution is 7.22. The Bertz CT molecular complexity index is 1920. The number of halogens is 2. The molecule has 0 bridgehead atoms. The van der Waals surface area contributed by atoms with Gasteiger partial charge in [-0.25, -0.2) is 19.6 Å². The van der Waals surface area contributed by atoms with Crippen molar-refractivity contribution in [2.24, 2.45) is 0 Å². The van der Waals surface area contributed by atoms with Crippen molar-refractivity contribution in [3.05, 3.63) is 95.0 Å². The van der Waals surface area contributed by atoms with Gasteiger partial charge in [0.25, 0.3) is 0 Å². The Morgan fingerprint density at radius 2 is 1.02 bits per heavy atom. The van der Waals surface area contributed by atoms with Crippen LogP contribution in [0, 0.1) is 0 Å². The molecule has 0 saturated heterocycles. The maximum Gasteiger partial charge on any atom is 0.347 e. The molecule has 2 aromatic heterocycles. The number of rotatable bonds is 8. The number of hydrogen-bond donors (Lipinski definition) is 2. The van der Waals surface area contributed by atoms with Crippen molar-refractivity contribution < 1.29 is 29.3 Å². The summed E-state index contributed by atoms with van der Waals surface area (Å²) >= 11 is 15.1. The molecule has 12 heteroatoms. The zero-order valence-electron chi connectivity index (χ0n) is 25.1. The Balaban J connectivity index is 0.000000181. The molecule has 0 aliphatic heterocycles. The molecule has 0 atom stereocenters. The first-order valence-corrected chi connectivity index (χ1v) is 16.3. The molecule has 6 aromatic rings. The van der Waals surface area contributed by atoms with Crippen molar-refractivity contribution in [3.8, 4) is 32.6 Å². The van der Waals surface area contributed by atoms with E-state index in [-0.39, 0.29) is 0 Å². The monoisotopic (exact) mass is 694 g/mol. The number of hydrogen-bond acceptors (Lipinski definition) is 8. The van der Waals surface area contributed by atoms with E-state index in [9.17, 15) is 9.59 Å². The number of ether oxygens (including phenoxy) is 2. The van der Waals surface area contributed by atoms with E-state index >= 15 is 0 Å². The molecule has 0 fully saturated rings. The first kappa shape index (κ1) is 33.2. The maximum absolute atomic E-state index is 11.2. The second-order valence-electron chi connectivity index (χ2n) is 11.2. The van der Waals surface area contributed by atoms with Crippen LogP contribution in [0.3, 0.4) is 0 Å². The third-order valence-corrected chi connectivity index (χ3v) is 9.28. The number of benzene rings is 4. The molecule has 236 valence electrons. The minimum Gasteiger partial charge on any atom is -0.478 e. The van der Waals surface area contributed by atoms with Crippen LogP contribution >= 0.6 is 45.9 Å². The van der Waals surface area contributed by atoms with Crippen molar-refractivity contribution in [3.63, 3.8) is 0 Å². The summed E-state index contributed by atoms with van der Waals surface area (Å²) in [4.78, 5) is 31.5. The van der Waals surface area contributed by atoms with Gasteiger partial charge in [-0.2, -0.15) is 0 Å². The zero-order chi connectivity index (χ0) is 33.2. The van der Waals surface area contributed by atoms with E-state index in [1.807, 2.05) is 60.7 Å². The van der Waals surface area contributed by atoms with Crippen LogP contribution in [-0.2, 0) is 9.59 Å². The van der Waals surface area contributed by atoms with E-state index in [0.29, 0.717) is 21.5 Å². The molecule has 6 rings (SSSR count). The van der Waals surface area contributed by atoms with Crippen molar-refractivity contribution in [2.45, 2.75) is 38.9 Å². The number of carboxylic acid groups (broad SMARTS) is 2. The Kier molecular flexibility index (Phi) is 9.55. The molecule has 2 heterocycles. The number of fused-ring (bicyclic) bond motifs is 2. The van der Waals surface area contributed by atoms with E-state index in [1.165, 1.54) is 27.7 Å². The Hall–Kier alpha value is -4.22. The second-order valence-corrected chi connectivity index (χ2v) is 14.1. The van der Waals surface area contributed by atoms with Crippen LogP contribution in [-0.4, -0.2) is 43.3 Å². The number of aromatic nitrogens is 2. The summed E-state index contributed by atoms with van der Waals surface area (Å²) in [5.41, 5.74) is 0.853. The lowest BCUT2D eigenvalue weighted by atomic mass is 10.1. The molecule has 0 radical (unpaired) electrons. The van der Waals surface area contributed by atoms with Gasteiger partial charge in [-0.05, 0) is 88.4 Å². The first-order chi connectivity index (χ1) is 21.7. The molecule has 4 aromatic carbocycles. The van der Waals surface area contributed by atoms with Gasteiger partial charge in [0.1, 0.15) is 21.5 Å². The molecule has 0 unspecified atom stereocenters. The molecule has 0 aliphatic carbocycles. The highest BCUT2D eigenvalue weighted by Gasteiger charge is 2.30. The zero-order valence-corrected chi connectivity index (χ0v) is 28.2. The summed E-state index contributed by atoms with van der Waals surface area (Å²) in [6, 6.07) is 25.7. The van der Waals surface area contributed by atoms with E-state index in [1.54, 1.807) is 46.9 Å². The second kappa shape index (κ2) is 13.3. The molecule has 0 aliphatic rings. The number of carboxylic acids is 2. The number of nitrogens with zero attached hydrogens (tertiary/aromatic N) is 2. The smallest absolute Gasteiger partial charge is 0.347 e. The SMILES string of the molecule is CC(C)(Oc1cccc(-c2nc3cc(Cl)ccc3s2)c1)C(=O)O.CC(C)(Oc1cccc(-c2nc3cc(Cl)ccc3s2)c1)C(=O)O. The summed E-state index contributed by atoms with van der Waals surface area (Å²) in [5.74, 6) is -1.05. The summed E-state index contributed by atoms with van der Waals surface area (Å²) in [5, 5.41) is 21.3. The van der Waals surface area contributed by atoms with Gasteiger partial charge < -0.3 is 19.7 Å². The fraction of sp³-hybridized carbons (Fsp3) is 0.176. The standard InChI is InChI=1S/2C17H14ClNO3S/c2*1-17(2,16(20)21)22-12-5-3-4-10(8-12)15-19-13-9-11(18)6-7-14(13)23-15/h2*3-9H,1-2H3,(H,20,21). The van der Waals surface area contributed by atoms with E-state index in [2.05, 4.69) is 9.97 Å². The molecule has 0 spiro atoms. The van der Waals surface area contributed by atoms with Gasteiger partial charge in [0, 0.05) is 21.2 Å². The molecular weight excluding hydrogens is 667 g/mol. The van der Waals surface area contributed by atoms with Gasteiger partial charge in [0.05, 0.1) is 20.4 Å².